The summed E-state index contributed by atoms with van der Waals surface area (Å²) in [6, 6.07) is 13.3. The van der Waals surface area contributed by atoms with Crippen molar-refractivity contribution in [1.29, 1.82) is 0 Å². The zero-order chi connectivity index (χ0) is 21.7. The average molecular weight is 450 g/mol. The SMILES string of the molecule is COc1ccc(S(=O)(=O)C2CNC(SCC(=O)Nc3cccc(C)c3)NC2=O)cc1. The Labute approximate surface area is 179 Å². The Morgan fingerprint density at radius 1 is 1.23 bits per heavy atom. The second-order valence-corrected chi connectivity index (χ2v) is 9.96. The van der Waals surface area contributed by atoms with E-state index in [4.69, 9.17) is 4.74 Å². The molecule has 0 bridgehead atoms. The zero-order valence-electron chi connectivity index (χ0n) is 16.5. The Balaban J connectivity index is 1.54. The third-order valence-corrected chi connectivity index (χ3v) is 7.61. The van der Waals surface area contributed by atoms with E-state index < -0.39 is 26.5 Å². The van der Waals surface area contributed by atoms with Gasteiger partial charge in [-0.25, -0.2) is 8.42 Å². The van der Waals surface area contributed by atoms with Crippen LogP contribution in [0.2, 0.25) is 0 Å². The Morgan fingerprint density at radius 2 is 1.97 bits per heavy atom. The van der Waals surface area contributed by atoms with Crippen LogP contribution in [0.3, 0.4) is 0 Å². The molecular formula is C20H23N3O5S2. The van der Waals surface area contributed by atoms with Gasteiger partial charge < -0.3 is 15.4 Å². The Morgan fingerprint density at radius 3 is 2.60 bits per heavy atom. The predicted molar refractivity (Wildman–Crippen MR) is 116 cm³/mol. The number of hydrogen-bond donors (Lipinski definition) is 3. The van der Waals surface area contributed by atoms with Crippen molar-refractivity contribution in [2.24, 2.45) is 0 Å². The van der Waals surface area contributed by atoms with Gasteiger partial charge in [0, 0.05) is 12.2 Å². The zero-order valence-corrected chi connectivity index (χ0v) is 18.2. The number of rotatable bonds is 7. The highest BCUT2D eigenvalue weighted by Gasteiger charge is 2.38. The standard InChI is InChI=1S/C20H23N3O5S2/c1-13-4-3-5-14(10-13)22-18(24)12-29-20-21-11-17(19(25)23-20)30(26,27)16-8-6-15(28-2)7-9-16/h3-10,17,20-21H,11-12H2,1-2H3,(H,22,24)(H,23,25). The molecule has 0 aromatic heterocycles. The lowest BCUT2D eigenvalue weighted by Crippen LogP contribution is -2.59. The van der Waals surface area contributed by atoms with Gasteiger partial charge in [0.05, 0.1) is 17.8 Å². The van der Waals surface area contributed by atoms with Crippen LogP contribution in [0.25, 0.3) is 0 Å². The fourth-order valence-electron chi connectivity index (χ4n) is 2.94. The summed E-state index contributed by atoms with van der Waals surface area (Å²) in [5, 5.41) is 7.14. The molecule has 0 saturated carbocycles. The summed E-state index contributed by atoms with van der Waals surface area (Å²) in [4.78, 5) is 24.6. The van der Waals surface area contributed by atoms with Gasteiger partial charge in [0.15, 0.2) is 15.1 Å². The summed E-state index contributed by atoms with van der Waals surface area (Å²) >= 11 is 1.18. The summed E-state index contributed by atoms with van der Waals surface area (Å²) in [5.41, 5.74) is 1.18. The molecule has 2 amide bonds. The molecule has 2 aromatic carbocycles. The van der Waals surface area contributed by atoms with Crippen LogP contribution >= 0.6 is 11.8 Å². The van der Waals surface area contributed by atoms with Gasteiger partial charge in [-0.2, -0.15) is 0 Å². The second-order valence-electron chi connectivity index (χ2n) is 6.73. The lowest BCUT2D eigenvalue weighted by Gasteiger charge is -2.29. The van der Waals surface area contributed by atoms with Gasteiger partial charge >= 0.3 is 0 Å². The number of carbonyl (C=O) groups is 2. The number of hydrogen-bond acceptors (Lipinski definition) is 7. The number of ether oxygens (including phenoxy) is 1. The minimum Gasteiger partial charge on any atom is -0.497 e. The number of thioether (sulfide) groups is 1. The molecule has 3 rings (SSSR count). The van der Waals surface area contributed by atoms with Gasteiger partial charge in [-0.1, -0.05) is 12.1 Å². The highest BCUT2D eigenvalue weighted by Crippen LogP contribution is 2.22. The molecule has 0 radical (unpaired) electrons. The molecule has 0 spiro atoms. The molecular weight excluding hydrogens is 426 g/mol. The van der Waals surface area contributed by atoms with Crippen molar-refractivity contribution < 1.29 is 22.7 Å². The van der Waals surface area contributed by atoms with Gasteiger partial charge in [0.1, 0.15) is 11.2 Å². The Hall–Kier alpha value is -2.56. The average Bonchev–Trinajstić information content (AvgIpc) is 2.72. The topological polar surface area (TPSA) is 114 Å². The Kier molecular flexibility index (Phi) is 7.01. The first-order valence-corrected chi connectivity index (χ1v) is 11.8. The van der Waals surface area contributed by atoms with Crippen LogP contribution in [-0.4, -0.2) is 50.4 Å². The van der Waals surface area contributed by atoms with E-state index in [0.717, 1.165) is 5.56 Å². The molecule has 10 heteroatoms. The van der Waals surface area contributed by atoms with E-state index in [0.29, 0.717) is 11.4 Å². The molecule has 2 atom stereocenters. The molecule has 1 fully saturated rings. The predicted octanol–water partition coefficient (Wildman–Crippen LogP) is 1.52. The normalized spacial score (nSPS) is 19.1. The van der Waals surface area contributed by atoms with Crippen molar-refractivity contribution in [3.63, 3.8) is 0 Å². The highest BCUT2D eigenvalue weighted by molar-refractivity contribution is 8.00. The lowest BCUT2D eigenvalue weighted by atomic mass is 10.2. The third kappa shape index (κ3) is 5.32. The molecule has 8 nitrogen and oxygen atoms in total. The van der Waals surface area contributed by atoms with Crippen LogP contribution in [-0.2, 0) is 19.4 Å². The quantitative estimate of drug-likeness (QED) is 0.587. The van der Waals surface area contributed by atoms with Crippen LogP contribution in [0.5, 0.6) is 5.75 Å². The summed E-state index contributed by atoms with van der Waals surface area (Å²) < 4.78 is 30.6. The first kappa shape index (κ1) is 22.1. The monoisotopic (exact) mass is 449 g/mol. The first-order valence-electron chi connectivity index (χ1n) is 9.19. The van der Waals surface area contributed by atoms with Gasteiger partial charge in [-0.05, 0) is 48.9 Å². The lowest BCUT2D eigenvalue weighted by molar-refractivity contribution is -0.122. The highest BCUT2D eigenvalue weighted by atomic mass is 32.2. The van der Waals surface area contributed by atoms with E-state index in [2.05, 4.69) is 16.0 Å². The van der Waals surface area contributed by atoms with Crippen LogP contribution in [0.15, 0.2) is 53.4 Å². The number of sulfone groups is 1. The van der Waals surface area contributed by atoms with Crippen LogP contribution in [0.1, 0.15) is 5.56 Å². The van der Waals surface area contributed by atoms with Crippen LogP contribution < -0.4 is 20.7 Å². The van der Waals surface area contributed by atoms with E-state index in [-0.39, 0.29) is 23.1 Å². The third-order valence-electron chi connectivity index (χ3n) is 4.50. The molecule has 1 aliphatic heterocycles. The smallest absolute Gasteiger partial charge is 0.241 e. The second kappa shape index (κ2) is 9.50. The summed E-state index contributed by atoms with van der Waals surface area (Å²) in [5.74, 6) is -0.182. The fraction of sp³-hybridized carbons (Fsp3) is 0.300. The van der Waals surface area contributed by atoms with E-state index >= 15 is 0 Å². The van der Waals surface area contributed by atoms with Gasteiger partial charge in [-0.15, -0.1) is 11.8 Å². The van der Waals surface area contributed by atoms with E-state index in [9.17, 15) is 18.0 Å². The number of amides is 2. The van der Waals surface area contributed by atoms with Crippen LogP contribution in [0, 0.1) is 6.92 Å². The number of nitrogens with one attached hydrogen (secondary N) is 3. The van der Waals surface area contributed by atoms with Crippen molar-refractivity contribution >= 4 is 39.1 Å². The molecule has 2 unspecified atom stereocenters. The minimum atomic E-state index is -3.85. The Bertz CT molecular complexity index is 1020. The molecule has 0 aliphatic carbocycles. The molecule has 2 aromatic rings. The number of methoxy groups -OCH3 is 1. The van der Waals surface area contributed by atoms with Crippen molar-refractivity contribution in [3.05, 3.63) is 54.1 Å². The maximum Gasteiger partial charge on any atom is 0.241 e. The first-order chi connectivity index (χ1) is 14.3. The molecule has 1 aliphatic rings. The van der Waals surface area contributed by atoms with Gasteiger partial charge in [-0.3, -0.25) is 14.9 Å². The van der Waals surface area contributed by atoms with Crippen LogP contribution in [0.4, 0.5) is 5.69 Å². The maximum atomic E-state index is 12.8. The molecule has 1 saturated heterocycles. The molecule has 3 N–H and O–H groups in total. The van der Waals surface area contributed by atoms with Crippen molar-refractivity contribution in [1.82, 2.24) is 10.6 Å². The van der Waals surface area contributed by atoms with E-state index in [1.54, 1.807) is 6.07 Å². The number of anilines is 1. The summed E-state index contributed by atoms with van der Waals surface area (Å²) in [7, 11) is -2.37. The maximum absolute atomic E-state index is 12.8. The molecule has 160 valence electrons. The number of benzene rings is 2. The van der Waals surface area contributed by atoms with Crippen molar-refractivity contribution in [2.45, 2.75) is 22.6 Å². The number of carbonyl (C=O) groups excluding carboxylic acids is 2. The van der Waals surface area contributed by atoms with E-state index in [1.807, 2.05) is 25.1 Å². The van der Waals surface area contributed by atoms with Gasteiger partial charge in [0.2, 0.25) is 11.8 Å². The minimum absolute atomic E-state index is 0.0443. The number of aryl methyl sites for hydroxylation is 1. The van der Waals surface area contributed by atoms with Crippen molar-refractivity contribution in [3.8, 4) is 5.75 Å². The van der Waals surface area contributed by atoms with E-state index in [1.165, 1.54) is 43.1 Å². The summed E-state index contributed by atoms with van der Waals surface area (Å²) in [6.45, 7) is 1.89. The van der Waals surface area contributed by atoms with Gasteiger partial charge in [0.25, 0.3) is 0 Å². The fourth-order valence-corrected chi connectivity index (χ4v) is 5.25. The largest absolute Gasteiger partial charge is 0.497 e. The summed E-state index contributed by atoms with van der Waals surface area (Å²) in [6.07, 6.45) is 0. The van der Waals surface area contributed by atoms with Crippen molar-refractivity contribution in [2.75, 3.05) is 24.7 Å². The molecule has 1 heterocycles. The molecule has 30 heavy (non-hydrogen) atoms.